The highest BCUT2D eigenvalue weighted by molar-refractivity contribution is 5.95. The summed E-state index contributed by atoms with van der Waals surface area (Å²) in [5.74, 6) is -0.267. The van der Waals surface area contributed by atoms with E-state index >= 15 is 0 Å². The summed E-state index contributed by atoms with van der Waals surface area (Å²) in [7, 11) is 0. The molecule has 0 aromatic heterocycles. The Balaban J connectivity index is 1.93. The van der Waals surface area contributed by atoms with Crippen LogP contribution in [-0.2, 0) is 0 Å². The predicted octanol–water partition coefficient (Wildman–Crippen LogP) is 1.94. The van der Waals surface area contributed by atoms with E-state index in [-0.39, 0.29) is 11.6 Å². The summed E-state index contributed by atoms with van der Waals surface area (Å²) in [5.41, 5.74) is 2.32. The molecular weight excluding hydrogens is 270 g/mol. The number of rotatable bonds is 5. The van der Waals surface area contributed by atoms with Crippen LogP contribution in [0, 0.1) is 17.0 Å². The molecule has 1 heterocycles. The molecule has 6 heteroatoms. The van der Waals surface area contributed by atoms with E-state index < -0.39 is 4.92 Å². The number of nitro benzene ring substituents is 1. The van der Waals surface area contributed by atoms with E-state index in [2.05, 4.69) is 16.7 Å². The molecule has 0 atom stereocenters. The van der Waals surface area contributed by atoms with Gasteiger partial charge in [0.25, 0.3) is 11.6 Å². The summed E-state index contributed by atoms with van der Waals surface area (Å²) in [4.78, 5) is 22.4. The minimum atomic E-state index is -0.483. The number of nitrogens with zero attached hydrogens (tertiary/aromatic N) is 1. The molecule has 0 bridgehead atoms. The van der Waals surface area contributed by atoms with Gasteiger partial charge in [0.05, 0.1) is 4.92 Å². The monoisotopic (exact) mass is 289 g/mol. The Bertz CT molecular complexity index is 582. The van der Waals surface area contributed by atoms with Gasteiger partial charge in [-0.15, -0.1) is 0 Å². The van der Waals surface area contributed by atoms with Gasteiger partial charge in [0, 0.05) is 30.8 Å². The van der Waals surface area contributed by atoms with E-state index in [1.807, 2.05) is 0 Å². The summed E-state index contributed by atoms with van der Waals surface area (Å²) in [6.45, 7) is 4.15. The zero-order chi connectivity index (χ0) is 15.2. The second-order valence-electron chi connectivity index (χ2n) is 5.14. The quantitative estimate of drug-likeness (QED) is 0.493. The highest BCUT2D eigenvalue weighted by Crippen LogP contribution is 2.16. The van der Waals surface area contributed by atoms with Gasteiger partial charge in [-0.25, -0.2) is 0 Å². The lowest BCUT2D eigenvalue weighted by molar-refractivity contribution is -0.384. The molecule has 1 aromatic rings. The standard InChI is InChI=1S/C15H19N3O3/c1-11-8-13(10-14(9-11)18(20)21)15(19)17-7-4-12-2-5-16-6-3-12/h2,8-10,16H,3-7H2,1H3,(H,17,19). The average molecular weight is 289 g/mol. The third-order valence-electron chi connectivity index (χ3n) is 3.42. The van der Waals surface area contributed by atoms with Gasteiger partial charge in [0.15, 0.2) is 0 Å². The fourth-order valence-corrected chi connectivity index (χ4v) is 2.33. The van der Waals surface area contributed by atoms with Crippen LogP contribution in [0.25, 0.3) is 0 Å². The molecule has 0 unspecified atom stereocenters. The van der Waals surface area contributed by atoms with Crippen molar-refractivity contribution in [1.29, 1.82) is 0 Å². The Labute approximate surface area is 123 Å². The molecule has 1 amide bonds. The molecule has 0 radical (unpaired) electrons. The smallest absolute Gasteiger partial charge is 0.270 e. The number of nitrogens with one attached hydrogen (secondary N) is 2. The highest BCUT2D eigenvalue weighted by atomic mass is 16.6. The number of aryl methyl sites for hydroxylation is 1. The van der Waals surface area contributed by atoms with Crippen molar-refractivity contribution in [2.45, 2.75) is 19.8 Å². The zero-order valence-electron chi connectivity index (χ0n) is 12.0. The Morgan fingerprint density at radius 3 is 2.90 bits per heavy atom. The van der Waals surface area contributed by atoms with Gasteiger partial charge < -0.3 is 10.6 Å². The van der Waals surface area contributed by atoms with E-state index in [0.717, 1.165) is 25.9 Å². The molecule has 112 valence electrons. The minimum absolute atomic E-state index is 0.0544. The van der Waals surface area contributed by atoms with Crippen molar-refractivity contribution < 1.29 is 9.72 Å². The van der Waals surface area contributed by atoms with Gasteiger partial charge in [-0.05, 0) is 37.9 Å². The Morgan fingerprint density at radius 2 is 2.24 bits per heavy atom. The van der Waals surface area contributed by atoms with Crippen LogP contribution in [0.4, 0.5) is 5.69 Å². The van der Waals surface area contributed by atoms with Crippen molar-refractivity contribution in [3.63, 3.8) is 0 Å². The molecule has 0 saturated carbocycles. The Morgan fingerprint density at radius 1 is 1.43 bits per heavy atom. The van der Waals surface area contributed by atoms with Gasteiger partial charge in [-0.3, -0.25) is 14.9 Å². The zero-order valence-corrected chi connectivity index (χ0v) is 12.0. The number of non-ortho nitro benzene ring substituents is 1. The lowest BCUT2D eigenvalue weighted by Crippen LogP contribution is -2.26. The topological polar surface area (TPSA) is 84.3 Å². The number of amides is 1. The molecule has 0 fully saturated rings. The van der Waals surface area contributed by atoms with Crippen molar-refractivity contribution >= 4 is 11.6 Å². The normalized spacial score (nSPS) is 14.4. The number of hydrogen-bond acceptors (Lipinski definition) is 4. The van der Waals surface area contributed by atoms with E-state index in [9.17, 15) is 14.9 Å². The summed E-state index contributed by atoms with van der Waals surface area (Å²) in [6, 6.07) is 4.43. The SMILES string of the molecule is Cc1cc(C(=O)NCCC2=CCNCC2)cc([N+](=O)[O-])c1. The van der Waals surface area contributed by atoms with Gasteiger partial charge in [-0.2, -0.15) is 0 Å². The molecule has 21 heavy (non-hydrogen) atoms. The molecular formula is C15H19N3O3. The summed E-state index contributed by atoms with van der Waals surface area (Å²) < 4.78 is 0. The van der Waals surface area contributed by atoms with Crippen molar-refractivity contribution in [2.24, 2.45) is 0 Å². The molecule has 2 rings (SSSR count). The van der Waals surface area contributed by atoms with Gasteiger partial charge >= 0.3 is 0 Å². The lowest BCUT2D eigenvalue weighted by atomic mass is 10.1. The summed E-state index contributed by atoms with van der Waals surface area (Å²) in [6.07, 6.45) is 3.97. The lowest BCUT2D eigenvalue weighted by Gasteiger charge is -2.14. The number of carbonyl (C=O) groups is 1. The number of nitro groups is 1. The van der Waals surface area contributed by atoms with Crippen molar-refractivity contribution in [3.8, 4) is 0 Å². The average Bonchev–Trinajstić information content (AvgIpc) is 2.47. The third kappa shape index (κ3) is 4.39. The summed E-state index contributed by atoms with van der Waals surface area (Å²) >= 11 is 0. The maximum absolute atomic E-state index is 12.0. The molecule has 0 spiro atoms. The number of hydrogen-bond donors (Lipinski definition) is 2. The highest BCUT2D eigenvalue weighted by Gasteiger charge is 2.13. The Hall–Kier alpha value is -2.21. The van der Waals surface area contributed by atoms with E-state index in [4.69, 9.17) is 0 Å². The number of carbonyl (C=O) groups excluding carboxylic acids is 1. The van der Waals surface area contributed by atoms with E-state index in [1.54, 1.807) is 13.0 Å². The molecule has 1 aliphatic rings. The van der Waals surface area contributed by atoms with Gasteiger partial charge in [0.1, 0.15) is 0 Å². The molecule has 6 nitrogen and oxygen atoms in total. The molecule has 0 aliphatic carbocycles. The van der Waals surface area contributed by atoms with Crippen LogP contribution in [-0.4, -0.2) is 30.5 Å². The first kappa shape index (κ1) is 15.2. The van der Waals surface area contributed by atoms with Crippen LogP contribution in [0.15, 0.2) is 29.8 Å². The summed E-state index contributed by atoms with van der Waals surface area (Å²) in [5, 5.41) is 16.9. The van der Waals surface area contributed by atoms with Gasteiger partial charge in [-0.1, -0.05) is 11.6 Å². The van der Waals surface area contributed by atoms with Crippen molar-refractivity contribution in [1.82, 2.24) is 10.6 Å². The van der Waals surface area contributed by atoms with Crippen LogP contribution >= 0.6 is 0 Å². The first-order valence-corrected chi connectivity index (χ1v) is 6.99. The van der Waals surface area contributed by atoms with Crippen LogP contribution < -0.4 is 10.6 Å². The van der Waals surface area contributed by atoms with Crippen LogP contribution in [0.2, 0.25) is 0 Å². The maximum atomic E-state index is 12.0. The fourth-order valence-electron chi connectivity index (χ4n) is 2.33. The first-order chi connectivity index (χ1) is 10.1. The third-order valence-corrected chi connectivity index (χ3v) is 3.42. The van der Waals surface area contributed by atoms with Crippen LogP contribution in [0.1, 0.15) is 28.8 Å². The second kappa shape index (κ2) is 6.99. The first-order valence-electron chi connectivity index (χ1n) is 6.99. The van der Waals surface area contributed by atoms with Crippen LogP contribution in [0.3, 0.4) is 0 Å². The number of benzene rings is 1. The maximum Gasteiger partial charge on any atom is 0.270 e. The largest absolute Gasteiger partial charge is 0.352 e. The van der Waals surface area contributed by atoms with Gasteiger partial charge in [0.2, 0.25) is 0 Å². The van der Waals surface area contributed by atoms with Crippen molar-refractivity contribution in [2.75, 3.05) is 19.6 Å². The van der Waals surface area contributed by atoms with E-state index in [0.29, 0.717) is 17.7 Å². The van der Waals surface area contributed by atoms with Crippen LogP contribution in [0.5, 0.6) is 0 Å². The molecule has 1 aliphatic heterocycles. The molecule has 2 N–H and O–H groups in total. The molecule has 0 saturated heterocycles. The van der Waals surface area contributed by atoms with E-state index in [1.165, 1.54) is 17.7 Å². The minimum Gasteiger partial charge on any atom is -0.352 e. The predicted molar refractivity (Wildman–Crippen MR) is 80.4 cm³/mol. The Kier molecular flexibility index (Phi) is 5.05. The second-order valence-corrected chi connectivity index (χ2v) is 5.14. The molecule has 1 aromatic carbocycles. The van der Waals surface area contributed by atoms with Crippen molar-refractivity contribution in [3.05, 3.63) is 51.1 Å². The fraction of sp³-hybridized carbons (Fsp3) is 0.400.